The summed E-state index contributed by atoms with van der Waals surface area (Å²) < 4.78 is 5.39. The maximum absolute atomic E-state index is 12.3. The van der Waals surface area contributed by atoms with Crippen LogP contribution < -0.4 is 0 Å². The lowest BCUT2D eigenvalue weighted by Crippen LogP contribution is -2.63. The molecule has 3 rings (SSSR count). The van der Waals surface area contributed by atoms with Gasteiger partial charge < -0.3 is 14.5 Å². The van der Waals surface area contributed by atoms with Crippen molar-refractivity contribution in [2.24, 2.45) is 11.3 Å². The van der Waals surface area contributed by atoms with Crippen molar-refractivity contribution in [3.8, 4) is 0 Å². The van der Waals surface area contributed by atoms with E-state index in [0.717, 1.165) is 19.4 Å². The normalized spacial score (nSPS) is 29.5. The fourth-order valence-corrected chi connectivity index (χ4v) is 3.23. The standard InChI is InChI=1S/C14H24N2O3/c1-13(2,3)19-12(18)16-8-10-6-14(7-10,9-16)11(17)15(4)5/h10H,6-9H2,1-5H3. The summed E-state index contributed by atoms with van der Waals surface area (Å²) in [5.41, 5.74) is -0.846. The minimum absolute atomic E-state index is 0.136. The van der Waals surface area contributed by atoms with Crippen molar-refractivity contribution in [3.05, 3.63) is 0 Å². The van der Waals surface area contributed by atoms with Gasteiger partial charge in [0.25, 0.3) is 0 Å². The zero-order chi connectivity index (χ0) is 14.4. The van der Waals surface area contributed by atoms with E-state index in [1.165, 1.54) is 0 Å². The van der Waals surface area contributed by atoms with Crippen LogP contribution in [-0.2, 0) is 9.53 Å². The summed E-state index contributed by atoms with van der Waals surface area (Å²) in [4.78, 5) is 27.7. The molecule has 0 unspecified atom stereocenters. The quantitative estimate of drug-likeness (QED) is 0.727. The minimum atomic E-state index is -0.489. The zero-order valence-corrected chi connectivity index (χ0v) is 12.5. The van der Waals surface area contributed by atoms with E-state index in [0.29, 0.717) is 12.5 Å². The molecule has 19 heavy (non-hydrogen) atoms. The van der Waals surface area contributed by atoms with Gasteiger partial charge in [0.1, 0.15) is 5.60 Å². The van der Waals surface area contributed by atoms with Gasteiger partial charge in [-0.3, -0.25) is 4.79 Å². The smallest absolute Gasteiger partial charge is 0.410 e. The van der Waals surface area contributed by atoms with Crippen LogP contribution in [0.3, 0.4) is 0 Å². The maximum atomic E-state index is 12.3. The van der Waals surface area contributed by atoms with Crippen molar-refractivity contribution >= 4 is 12.0 Å². The topological polar surface area (TPSA) is 49.9 Å². The van der Waals surface area contributed by atoms with Gasteiger partial charge >= 0.3 is 6.09 Å². The number of piperidine rings is 2. The summed E-state index contributed by atoms with van der Waals surface area (Å²) in [5, 5.41) is 0. The van der Waals surface area contributed by atoms with Crippen molar-refractivity contribution < 1.29 is 14.3 Å². The first-order chi connectivity index (χ1) is 8.63. The van der Waals surface area contributed by atoms with Crippen LogP contribution in [0.15, 0.2) is 0 Å². The molecule has 0 atom stereocenters. The van der Waals surface area contributed by atoms with E-state index in [4.69, 9.17) is 4.74 Å². The van der Waals surface area contributed by atoms with Crippen LogP contribution in [0.4, 0.5) is 4.79 Å². The Bertz CT molecular complexity index is 392. The molecule has 1 saturated carbocycles. The Morgan fingerprint density at radius 2 is 1.84 bits per heavy atom. The lowest BCUT2D eigenvalue weighted by Gasteiger charge is -2.55. The van der Waals surface area contributed by atoms with Gasteiger partial charge in [0.15, 0.2) is 0 Å². The van der Waals surface area contributed by atoms with Gasteiger partial charge in [0.05, 0.1) is 5.41 Å². The van der Waals surface area contributed by atoms with Crippen LogP contribution in [0.25, 0.3) is 0 Å². The highest BCUT2D eigenvalue weighted by Crippen LogP contribution is 2.51. The summed E-state index contributed by atoms with van der Waals surface area (Å²) in [6.07, 6.45) is 1.51. The molecule has 3 fully saturated rings. The van der Waals surface area contributed by atoms with Gasteiger partial charge in [0, 0.05) is 27.2 Å². The number of carbonyl (C=O) groups is 2. The van der Waals surface area contributed by atoms with E-state index >= 15 is 0 Å². The van der Waals surface area contributed by atoms with E-state index in [1.54, 1.807) is 23.9 Å². The average Bonchev–Trinajstić information content (AvgIpc) is 2.24. The molecule has 2 heterocycles. The first-order valence-corrected chi connectivity index (χ1v) is 6.83. The van der Waals surface area contributed by atoms with Crippen LogP contribution in [0.2, 0.25) is 0 Å². The number of rotatable bonds is 1. The Hall–Kier alpha value is -1.26. The Labute approximate surface area is 114 Å². The fourth-order valence-electron chi connectivity index (χ4n) is 3.23. The van der Waals surface area contributed by atoms with E-state index in [9.17, 15) is 9.59 Å². The lowest BCUT2D eigenvalue weighted by molar-refractivity contribution is -0.157. The number of nitrogens with zero attached hydrogens (tertiary/aromatic N) is 2. The third-order valence-electron chi connectivity index (χ3n) is 3.84. The number of amides is 2. The molecule has 0 aromatic heterocycles. The number of hydrogen-bond acceptors (Lipinski definition) is 3. The number of fused-ring (bicyclic) bond motifs is 2. The predicted octanol–water partition coefficient (Wildman–Crippen LogP) is 1.72. The van der Waals surface area contributed by atoms with Crippen molar-refractivity contribution in [1.29, 1.82) is 0 Å². The molecule has 5 nitrogen and oxygen atoms in total. The molecule has 3 aliphatic rings. The van der Waals surface area contributed by atoms with E-state index < -0.39 is 5.60 Å². The molecule has 0 N–H and O–H groups in total. The highest BCUT2D eigenvalue weighted by molar-refractivity contribution is 5.85. The van der Waals surface area contributed by atoms with Crippen LogP contribution in [-0.4, -0.2) is 54.6 Å². The van der Waals surface area contributed by atoms with E-state index in [1.807, 2.05) is 20.8 Å². The monoisotopic (exact) mass is 268 g/mol. The minimum Gasteiger partial charge on any atom is -0.444 e. The highest BCUT2D eigenvalue weighted by atomic mass is 16.6. The molecule has 2 aliphatic heterocycles. The Kier molecular flexibility index (Phi) is 3.27. The van der Waals surface area contributed by atoms with Crippen LogP contribution in [0.5, 0.6) is 0 Å². The van der Waals surface area contributed by atoms with Gasteiger partial charge in [0.2, 0.25) is 5.91 Å². The molecule has 0 radical (unpaired) electrons. The van der Waals surface area contributed by atoms with Crippen LogP contribution in [0.1, 0.15) is 33.6 Å². The molecule has 0 aromatic carbocycles. The Morgan fingerprint density at radius 1 is 1.26 bits per heavy atom. The van der Waals surface area contributed by atoms with Gasteiger partial charge in [-0.15, -0.1) is 0 Å². The summed E-state index contributed by atoms with van der Waals surface area (Å²) in [6.45, 7) is 6.79. The second-order valence-corrected chi connectivity index (χ2v) is 7.12. The average molecular weight is 268 g/mol. The molecule has 0 spiro atoms. The number of carbonyl (C=O) groups excluding carboxylic acids is 2. The Balaban J connectivity index is 2.04. The number of hydrogen-bond donors (Lipinski definition) is 0. The second kappa shape index (κ2) is 4.39. The van der Waals surface area contributed by atoms with Crippen LogP contribution in [0, 0.1) is 11.3 Å². The number of ether oxygens (including phenoxy) is 1. The highest BCUT2D eigenvalue weighted by Gasteiger charge is 2.56. The summed E-state index contributed by atoms with van der Waals surface area (Å²) in [7, 11) is 3.55. The first kappa shape index (κ1) is 14.2. The van der Waals surface area contributed by atoms with Crippen molar-refractivity contribution in [1.82, 2.24) is 9.80 Å². The van der Waals surface area contributed by atoms with E-state index in [2.05, 4.69) is 0 Å². The van der Waals surface area contributed by atoms with E-state index in [-0.39, 0.29) is 17.4 Å². The summed E-state index contributed by atoms with van der Waals surface area (Å²) in [6, 6.07) is 0. The molecular formula is C14H24N2O3. The van der Waals surface area contributed by atoms with Gasteiger partial charge in [-0.25, -0.2) is 4.79 Å². The zero-order valence-electron chi connectivity index (χ0n) is 12.5. The molecule has 108 valence electrons. The molecule has 0 aromatic rings. The van der Waals surface area contributed by atoms with Crippen molar-refractivity contribution in [3.63, 3.8) is 0 Å². The van der Waals surface area contributed by atoms with Gasteiger partial charge in [-0.2, -0.15) is 0 Å². The fraction of sp³-hybridized carbons (Fsp3) is 0.857. The summed E-state index contributed by atoms with van der Waals surface area (Å²) in [5.74, 6) is 0.585. The molecule has 2 saturated heterocycles. The first-order valence-electron chi connectivity index (χ1n) is 6.83. The van der Waals surface area contributed by atoms with Crippen LogP contribution >= 0.6 is 0 Å². The molecule has 1 aliphatic carbocycles. The molecular weight excluding hydrogens is 244 g/mol. The molecule has 2 bridgehead atoms. The molecule has 5 heteroatoms. The predicted molar refractivity (Wildman–Crippen MR) is 71.7 cm³/mol. The SMILES string of the molecule is CN(C)C(=O)C12CC(CN(C(=O)OC(C)(C)C)C1)C2. The largest absolute Gasteiger partial charge is 0.444 e. The summed E-state index contributed by atoms with van der Waals surface area (Å²) >= 11 is 0. The Morgan fingerprint density at radius 3 is 2.32 bits per heavy atom. The van der Waals surface area contributed by atoms with Crippen molar-refractivity contribution in [2.45, 2.75) is 39.2 Å². The third-order valence-corrected chi connectivity index (χ3v) is 3.84. The maximum Gasteiger partial charge on any atom is 0.410 e. The third kappa shape index (κ3) is 2.69. The van der Waals surface area contributed by atoms with Gasteiger partial charge in [-0.1, -0.05) is 0 Å². The lowest BCUT2D eigenvalue weighted by atomic mass is 9.58. The molecule has 2 amide bonds. The second-order valence-electron chi connectivity index (χ2n) is 7.12. The van der Waals surface area contributed by atoms with Crippen molar-refractivity contribution in [2.75, 3.05) is 27.2 Å². The van der Waals surface area contributed by atoms with Gasteiger partial charge in [-0.05, 0) is 39.5 Å².